The van der Waals surface area contributed by atoms with Crippen molar-refractivity contribution < 1.29 is 14.0 Å². The number of nitrogens with zero attached hydrogens (tertiary/aromatic N) is 3. The van der Waals surface area contributed by atoms with Crippen LogP contribution in [0.1, 0.15) is 5.56 Å². The number of para-hydroxylation sites is 1. The minimum atomic E-state index is -0.332. The van der Waals surface area contributed by atoms with Crippen LogP contribution in [0.15, 0.2) is 48.5 Å². The number of benzene rings is 2. The van der Waals surface area contributed by atoms with Gasteiger partial charge in [0.25, 0.3) is 0 Å². The summed E-state index contributed by atoms with van der Waals surface area (Å²) in [5, 5.41) is 2.77. The maximum atomic E-state index is 12.9. The summed E-state index contributed by atoms with van der Waals surface area (Å²) in [5.74, 6) is -0.330. The molecule has 0 atom stereocenters. The summed E-state index contributed by atoms with van der Waals surface area (Å²) in [5.41, 5.74) is 3.05. The van der Waals surface area contributed by atoms with Gasteiger partial charge in [-0.25, -0.2) is 4.39 Å². The first-order chi connectivity index (χ1) is 14.1. The Morgan fingerprint density at radius 2 is 1.62 bits per heavy atom. The largest absolute Gasteiger partial charge is 0.362 e. The summed E-state index contributed by atoms with van der Waals surface area (Å²) in [6, 6.07) is 14.0. The van der Waals surface area contributed by atoms with Gasteiger partial charge in [0, 0.05) is 44.1 Å². The van der Waals surface area contributed by atoms with E-state index < -0.39 is 0 Å². The number of halogens is 1. The third-order valence-corrected chi connectivity index (χ3v) is 5.53. The second-order valence-electron chi connectivity index (χ2n) is 7.51. The molecule has 1 saturated heterocycles. The summed E-state index contributed by atoms with van der Waals surface area (Å²) in [6.07, 6.45) is 0.987. The fraction of sp³-hybridized carbons (Fsp3) is 0.364. The van der Waals surface area contributed by atoms with E-state index in [0.29, 0.717) is 38.4 Å². The Labute approximate surface area is 169 Å². The maximum absolute atomic E-state index is 12.9. The van der Waals surface area contributed by atoms with Crippen LogP contribution >= 0.6 is 0 Å². The van der Waals surface area contributed by atoms with Crippen LogP contribution in [0.5, 0.6) is 0 Å². The Bertz CT molecular complexity index is 879. The Balaban J connectivity index is 1.22. The highest BCUT2D eigenvalue weighted by Crippen LogP contribution is 2.27. The lowest BCUT2D eigenvalue weighted by Gasteiger charge is -2.35. The number of rotatable bonds is 5. The van der Waals surface area contributed by atoms with E-state index in [-0.39, 0.29) is 24.2 Å². The Kier molecular flexibility index (Phi) is 5.76. The second kappa shape index (κ2) is 8.61. The van der Waals surface area contributed by atoms with E-state index in [9.17, 15) is 14.0 Å². The molecule has 0 bridgehead atoms. The topological polar surface area (TPSA) is 55.9 Å². The maximum Gasteiger partial charge on any atom is 0.242 e. The normalized spacial score (nSPS) is 16.6. The summed E-state index contributed by atoms with van der Waals surface area (Å²) >= 11 is 0. The molecule has 4 rings (SSSR count). The molecule has 2 aliphatic rings. The number of carbonyl (C=O) groups is 2. The number of hydrogen-bond donors (Lipinski definition) is 1. The molecular weight excluding hydrogens is 371 g/mol. The molecule has 7 heteroatoms. The lowest BCUT2D eigenvalue weighted by Crippen LogP contribution is -2.52. The van der Waals surface area contributed by atoms with Gasteiger partial charge in [-0.2, -0.15) is 0 Å². The molecule has 2 heterocycles. The van der Waals surface area contributed by atoms with Crippen molar-refractivity contribution in [1.82, 2.24) is 9.80 Å². The van der Waals surface area contributed by atoms with E-state index in [2.05, 4.69) is 22.3 Å². The number of amides is 2. The lowest BCUT2D eigenvalue weighted by molar-refractivity contribution is -0.131. The average Bonchev–Trinajstić information content (AvgIpc) is 3.13. The molecular formula is C22H25FN4O2. The zero-order valence-corrected chi connectivity index (χ0v) is 16.3. The number of fused-ring (bicyclic) bond motifs is 1. The molecule has 6 nitrogen and oxygen atoms in total. The van der Waals surface area contributed by atoms with Crippen molar-refractivity contribution in [3.8, 4) is 0 Å². The first kappa shape index (κ1) is 19.4. The third-order valence-electron chi connectivity index (χ3n) is 5.53. The molecule has 0 aromatic heterocycles. The van der Waals surface area contributed by atoms with Crippen LogP contribution in [0.2, 0.25) is 0 Å². The number of carbonyl (C=O) groups excluding carboxylic acids is 2. The smallest absolute Gasteiger partial charge is 0.242 e. The van der Waals surface area contributed by atoms with Crippen LogP contribution in [0, 0.1) is 5.82 Å². The second-order valence-corrected chi connectivity index (χ2v) is 7.51. The molecule has 29 heavy (non-hydrogen) atoms. The first-order valence-electron chi connectivity index (χ1n) is 9.97. The summed E-state index contributed by atoms with van der Waals surface area (Å²) in [4.78, 5) is 31.0. The minimum Gasteiger partial charge on any atom is -0.362 e. The highest BCUT2D eigenvalue weighted by Gasteiger charge is 2.26. The van der Waals surface area contributed by atoms with Crippen molar-refractivity contribution in [2.45, 2.75) is 6.42 Å². The van der Waals surface area contributed by atoms with Crippen molar-refractivity contribution >= 4 is 23.2 Å². The predicted molar refractivity (Wildman–Crippen MR) is 110 cm³/mol. The van der Waals surface area contributed by atoms with Crippen molar-refractivity contribution in [2.24, 2.45) is 0 Å². The number of anilines is 2. The molecule has 2 aromatic carbocycles. The van der Waals surface area contributed by atoms with E-state index >= 15 is 0 Å². The molecule has 152 valence electrons. The molecule has 0 spiro atoms. The summed E-state index contributed by atoms with van der Waals surface area (Å²) in [7, 11) is 0. The lowest BCUT2D eigenvalue weighted by atomic mass is 10.2. The SMILES string of the molecule is O=C(CN1CCN(C(=O)CN2CCc3ccccc32)CC1)Nc1ccc(F)cc1. The third kappa shape index (κ3) is 4.74. The first-order valence-corrected chi connectivity index (χ1v) is 9.97. The van der Waals surface area contributed by atoms with E-state index in [1.807, 2.05) is 21.9 Å². The molecule has 0 unspecified atom stereocenters. The van der Waals surface area contributed by atoms with Gasteiger partial charge < -0.3 is 15.1 Å². The van der Waals surface area contributed by atoms with Crippen LogP contribution in [0.3, 0.4) is 0 Å². The van der Waals surface area contributed by atoms with Gasteiger partial charge in [0.2, 0.25) is 11.8 Å². The molecule has 2 aromatic rings. The van der Waals surface area contributed by atoms with Gasteiger partial charge in [0.1, 0.15) is 5.82 Å². The number of hydrogen-bond acceptors (Lipinski definition) is 4. The summed E-state index contributed by atoms with van der Waals surface area (Å²) < 4.78 is 12.9. The van der Waals surface area contributed by atoms with Gasteiger partial charge >= 0.3 is 0 Å². The average molecular weight is 396 g/mol. The Morgan fingerprint density at radius 1 is 0.897 bits per heavy atom. The van der Waals surface area contributed by atoms with E-state index in [1.165, 1.54) is 17.7 Å². The van der Waals surface area contributed by atoms with Crippen molar-refractivity contribution in [3.63, 3.8) is 0 Å². The van der Waals surface area contributed by atoms with Crippen molar-refractivity contribution in [2.75, 3.05) is 56.0 Å². The number of piperazine rings is 1. The van der Waals surface area contributed by atoms with E-state index in [0.717, 1.165) is 18.7 Å². The van der Waals surface area contributed by atoms with Crippen molar-refractivity contribution in [1.29, 1.82) is 0 Å². The number of nitrogens with one attached hydrogen (secondary N) is 1. The minimum absolute atomic E-state index is 0.134. The fourth-order valence-electron chi connectivity index (χ4n) is 3.93. The van der Waals surface area contributed by atoms with Gasteiger partial charge in [-0.1, -0.05) is 18.2 Å². The van der Waals surface area contributed by atoms with E-state index in [4.69, 9.17) is 0 Å². The zero-order chi connectivity index (χ0) is 20.2. The van der Waals surface area contributed by atoms with E-state index in [1.54, 1.807) is 12.1 Å². The van der Waals surface area contributed by atoms with Crippen LogP contribution < -0.4 is 10.2 Å². The highest BCUT2D eigenvalue weighted by molar-refractivity contribution is 5.92. The molecule has 2 amide bonds. The standard InChI is InChI=1S/C22H25FN4O2/c23-18-5-7-19(8-6-18)24-21(28)15-25-11-13-26(14-12-25)22(29)16-27-10-9-17-3-1-2-4-20(17)27/h1-8H,9-16H2,(H,24,28). The van der Waals surface area contributed by atoms with Crippen LogP contribution in [-0.4, -0.2) is 67.4 Å². The van der Waals surface area contributed by atoms with Crippen LogP contribution in [0.25, 0.3) is 0 Å². The molecule has 2 aliphatic heterocycles. The monoisotopic (exact) mass is 396 g/mol. The molecule has 0 saturated carbocycles. The van der Waals surface area contributed by atoms with Gasteiger partial charge in [-0.3, -0.25) is 14.5 Å². The molecule has 0 radical (unpaired) electrons. The van der Waals surface area contributed by atoms with Gasteiger partial charge in [0.15, 0.2) is 0 Å². The van der Waals surface area contributed by atoms with Crippen LogP contribution in [0.4, 0.5) is 15.8 Å². The highest BCUT2D eigenvalue weighted by atomic mass is 19.1. The molecule has 0 aliphatic carbocycles. The van der Waals surface area contributed by atoms with Gasteiger partial charge in [-0.15, -0.1) is 0 Å². The van der Waals surface area contributed by atoms with Gasteiger partial charge in [-0.05, 0) is 42.3 Å². The quantitative estimate of drug-likeness (QED) is 0.840. The fourth-order valence-corrected chi connectivity index (χ4v) is 3.93. The predicted octanol–water partition coefficient (Wildman–Crippen LogP) is 1.97. The zero-order valence-electron chi connectivity index (χ0n) is 16.3. The van der Waals surface area contributed by atoms with Gasteiger partial charge in [0.05, 0.1) is 13.1 Å². The Hall–Kier alpha value is -2.93. The summed E-state index contributed by atoms with van der Waals surface area (Å²) in [6.45, 7) is 4.13. The molecule has 1 fully saturated rings. The van der Waals surface area contributed by atoms with Crippen molar-refractivity contribution in [3.05, 3.63) is 59.9 Å². The van der Waals surface area contributed by atoms with Crippen LogP contribution in [-0.2, 0) is 16.0 Å². The molecule has 1 N–H and O–H groups in total. The Morgan fingerprint density at radius 3 is 2.38 bits per heavy atom.